The zero-order valence-corrected chi connectivity index (χ0v) is 16.3. The lowest BCUT2D eigenvalue weighted by molar-refractivity contribution is -0.139. The molecule has 6 nitrogen and oxygen atoms in total. The van der Waals surface area contributed by atoms with E-state index in [0.29, 0.717) is 12.1 Å². The number of rotatable bonds is 9. The van der Waals surface area contributed by atoms with Gasteiger partial charge < -0.3 is 20.2 Å². The van der Waals surface area contributed by atoms with Crippen LogP contribution in [0.2, 0.25) is 0 Å². The number of benzene rings is 2. The molecule has 0 bridgehead atoms. The first-order valence-corrected chi connectivity index (χ1v) is 9.52. The second kappa shape index (κ2) is 8.73. The molecule has 1 atom stereocenters. The van der Waals surface area contributed by atoms with Crippen LogP contribution in [0.1, 0.15) is 41.1 Å². The van der Waals surface area contributed by atoms with Gasteiger partial charge in [0.15, 0.2) is 0 Å². The third kappa shape index (κ3) is 4.37. The van der Waals surface area contributed by atoms with Crippen LogP contribution in [0.3, 0.4) is 0 Å². The first-order chi connectivity index (χ1) is 13.9. The number of nitrogens with zero attached hydrogens (tertiary/aromatic N) is 1. The summed E-state index contributed by atoms with van der Waals surface area (Å²) in [6, 6.07) is 15.4. The minimum absolute atomic E-state index is 0.122. The molecular formula is C23H24N2O4. The van der Waals surface area contributed by atoms with Gasteiger partial charge in [-0.05, 0) is 36.1 Å². The van der Waals surface area contributed by atoms with E-state index in [0.717, 1.165) is 34.0 Å². The highest BCUT2D eigenvalue weighted by molar-refractivity contribution is 5.91. The van der Waals surface area contributed by atoms with Gasteiger partial charge in [-0.25, -0.2) is 0 Å². The van der Waals surface area contributed by atoms with E-state index in [1.807, 2.05) is 49.4 Å². The summed E-state index contributed by atoms with van der Waals surface area (Å²) in [7, 11) is 0. The fourth-order valence-electron chi connectivity index (χ4n) is 3.82. The standard InChI is InChI=1S/C23H24N2O4/c1-15-20(13-22(24)27)19-10-9-17(18(23(28)29)8-5-11-26)12-21(19)25(15)14-16-6-3-2-4-7-16/h2-4,6-7,9-12,18H,5,8,13-14H2,1H3,(H2,24,27)(H,28,29). The van der Waals surface area contributed by atoms with E-state index in [4.69, 9.17) is 5.73 Å². The zero-order valence-electron chi connectivity index (χ0n) is 16.3. The number of nitrogens with two attached hydrogens (primary N) is 1. The highest BCUT2D eigenvalue weighted by Gasteiger charge is 2.22. The molecule has 29 heavy (non-hydrogen) atoms. The Morgan fingerprint density at radius 1 is 1.17 bits per heavy atom. The van der Waals surface area contributed by atoms with E-state index in [9.17, 15) is 19.5 Å². The highest BCUT2D eigenvalue weighted by Crippen LogP contribution is 2.31. The van der Waals surface area contributed by atoms with Crippen LogP contribution < -0.4 is 5.73 Å². The van der Waals surface area contributed by atoms with Crippen molar-refractivity contribution in [1.82, 2.24) is 4.57 Å². The number of aromatic nitrogens is 1. The molecule has 6 heteroatoms. The van der Waals surface area contributed by atoms with Crippen molar-refractivity contribution >= 4 is 29.1 Å². The number of amides is 1. The van der Waals surface area contributed by atoms with Crippen LogP contribution in [0.25, 0.3) is 10.9 Å². The van der Waals surface area contributed by atoms with Gasteiger partial charge in [0.1, 0.15) is 6.29 Å². The maximum absolute atomic E-state index is 11.8. The van der Waals surface area contributed by atoms with E-state index in [1.165, 1.54) is 0 Å². The number of carbonyl (C=O) groups is 3. The number of aliphatic carboxylic acids is 1. The average Bonchev–Trinajstić information content (AvgIpc) is 2.94. The van der Waals surface area contributed by atoms with Crippen molar-refractivity contribution in [3.05, 3.63) is 70.9 Å². The number of primary amides is 1. The summed E-state index contributed by atoms with van der Waals surface area (Å²) in [6.45, 7) is 2.54. The van der Waals surface area contributed by atoms with Gasteiger partial charge >= 0.3 is 5.97 Å². The fraction of sp³-hybridized carbons (Fsp3) is 0.261. The lowest BCUT2D eigenvalue weighted by atomic mass is 9.93. The van der Waals surface area contributed by atoms with Crippen molar-refractivity contribution in [3.63, 3.8) is 0 Å². The SMILES string of the molecule is Cc1c(CC(N)=O)c2ccc(C(CCC=O)C(=O)O)cc2n1Cc1ccccc1. The summed E-state index contributed by atoms with van der Waals surface area (Å²) in [5.74, 6) is -2.13. The summed E-state index contributed by atoms with van der Waals surface area (Å²) < 4.78 is 2.09. The van der Waals surface area contributed by atoms with Gasteiger partial charge in [-0.1, -0.05) is 42.5 Å². The van der Waals surface area contributed by atoms with Crippen LogP contribution in [0, 0.1) is 6.92 Å². The number of carbonyl (C=O) groups excluding carboxylic acids is 2. The van der Waals surface area contributed by atoms with Gasteiger partial charge in [0, 0.05) is 29.6 Å². The van der Waals surface area contributed by atoms with Crippen LogP contribution in [0.15, 0.2) is 48.5 Å². The zero-order chi connectivity index (χ0) is 21.0. The molecule has 0 fully saturated rings. The summed E-state index contributed by atoms with van der Waals surface area (Å²) in [5, 5.41) is 10.5. The number of aldehydes is 1. The molecule has 1 heterocycles. The Bertz CT molecular complexity index is 1050. The van der Waals surface area contributed by atoms with E-state index >= 15 is 0 Å². The predicted octanol–water partition coefficient (Wildman–Crippen LogP) is 3.17. The van der Waals surface area contributed by atoms with Crippen molar-refractivity contribution in [1.29, 1.82) is 0 Å². The predicted molar refractivity (Wildman–Crippen MR) is 111 cm³/mol. The minimum atomic E-state index is -0.957. The third-order valence-corrected chi connectivity index (χ3v) is 5.29. The lowest BCUT2D eigenvalue weighted by Crippen LogP contribution is -2.14. The molecule has 2 aromatic carbocycles. The molecule has 0 saturated heterocycles. The first-order valence-electron chi connectivity index (χ1n) is 9.52. The average molecular weight is 392 g/mol. The first kappa shape index (κ1) is 20.3. The molecule has 0 saturated carbocycles. The number of fused-ring (bicyclic) bond motifs is 1. The molecule has 1 aromatic heterocycles. The monoisotopic (exact) mass is 392 g/mol. The van der Waals surface area contributed by atoms with Crippen LogP contribution in [-0.4, -0.2) is 27.8 Å². The molecule has 0 spiro atoms. The van der Waals surface area contributed by atoms with E-state index in [1.54, 1.807) is 6.07 Å². The molecule has 0 aliphatic carbocycles. The smallest absolute Gasteiger partial charge is 0.310 e. The van der Waals surface area contributed by atoms with Gasteiger partial charge in [0.05, 0.1) is 12.3 Å². The Morgan fingerprint density at radius 3 is 2.52 bits per heavy atom. The summed E-state index contributed by atoms with van der Waals surface area (Å²) in [5.41, 5.74) is 9.84. The van der Waals surface area contributed by atoms with Crippen molar-refractivity contribution in [2.75, 3.05) is 0 Å². The van der Waals surface area contributed by atoms with Gasteiger partial charge in [-0.3, -0.25) is 9.59 Å². The molecule has 0 radical (unpaired) electrons. The normalized spacial score (nSPS) is 12.0. The highest BCUT2D eigenvalue weighted by atomic mass is 16.4. The van der Waals surface area contributed by atoms with E-state index in [2.05, 4.69) is 4.57 Å². The van der Waals surface area contributed by atoms with Crippen LogP contribution in [0.5, 0.6) is 0 Å². The van der Waals surface area contributed by atoms with Crippen LogP contribution in [-0.2, 0) is 27.3 Å². The van der Waals surface area contributed by atoms with Gasteiger partial charge in [-0.15, -0.1) is 0 Å². The minimum Gasteiger partial charge on any atom is -0.481 e. The molecule has 150 valence electrons. The Kier molecular flexibility index (Phi) is 6.12. The number of hydrogen-bond acceptors (Lipinski definition) is 3. The molecule has 3 aromatic rings. The van der Waals surface area contributed by atoms with Crippen molar-refractivity contribution in [3.8, 4) is 0 Å². The molecular weight excluding hydrogens is 368 g/mol. The number of hydrogen-bond donors (Lipinski definition) is 2. The Hall–Kier alpha value is -3.41. The molecule has 0 aliphatic rings. The fourth-order valence-corrected chi connectivity index (χ4v) is 3.82. The molecule has 1 amide bonds. The Morgan fingerprint density at radius 2 is 1.90 bits per heavy atom. The van der Waals surface area contributed by atoms with Crippen LogP contribution in [0.4, 0.5) is 0 Å². The number of carboxylic acid groups (broad SMARTS) is 1. The summed E-state index contributed by atoms with van der Waals surface area (Å²) in [6.07, 6.45) is 1.29. The van der Waals surface area contributed by atoms with Crippen molar-refractivity contribution in [2.45, 2.75) is 38.6 Å². The summed E-state index contributed by atoms with van der Waals surface area (Å²) >= 11 is 0. The van der Waals surface area contributed by atoms with Crippen molar-refractivity contribution < 1.29 is 19.5 Å². The van der Waals surface area contributed by atoms with E-state index < -0.39 is 17.8 Å². The van der Waals surface area contributed by atoms with Gasteiger partial charge in [0.2, 0.25) is 5.91 Å². The second-order valence-electron chi connectivity index (χ2n) is 7.19. The molecule has 0 aliphatic heterocycles. The quantitative estimate of drug-likeness (QED) is 0.546. The van der Waals surface area contributed by atoms with Crippen molar-refractivity contribution in [2.24, 2.45) is 5.73 Å². The second-order valence-corrected chi connectivity index (χ2v) is 7.19. The maximum Gasteiger partial charge on any atom is 0.310 e. The Balaban J connectivity index is 2.15. The van der Waals surface area contributed by atoms with Gasteiger partial charge in [0.25, 0.3) is 0 Å². The third-order valence-electron chi connectivity index (χ3n) is 5.29. The molecule has 1 unspecified atom stereocenters. The molecule has 3 rings (SSSR count). The lowest BCUT2D eigenvalue weighted by Gasteiger charge is -2.13. The maximum atomic E-state index is 11.8. The molecule has 3 N–H and O–H groups in total. The van der Waals surface area contributed by atoms with Gasteiger partial charge in [-0.2, -0.15) is 0 Å². The largest absolute Gasteiger partial charge is 0.481 e. The van der Waals surface area contributed by atoms with E-state index in [-0.39, 0.29) is 19.3 Å². The number of carboxylic acids is 1. The topological polar surface area (TPSA) is 102 Å². The van der Waals surface area contributed by atoms with Crippen LogP contribution >= 0.6 is 0 Å². The Labute approximate surface area is 168 Å². The summed E-state index contributed by atoms with van der Waals surface area (Å²) in [4.78, 5) is 34.1.